The fourth-order valence-corrected chi connectivity index (χ4v) is 3.14. The van der Waals surface area contributed by atoms with Gasteiger partial charge in [-0.25, -0.2) is 4.79 Å². The Morgan fingerprint density at radius 2 is 1.33 bits per heavy atom. The van der Waals surface area contributed by atoms with Gasteiger partial charge in [-0.05, 0) is 30.5 Å². The van der Waals surface area contributed by atoms with Gasteiger partial charge in [0.15, 0.2) is 0 Å². The highest BCUT2D eigenvalue weighted by molar-refractivity contribution is 5.89. The number of aromatic hydroxyl groups is 1. The monoisotopic (exact) mass is 334 g/mol. The molecule has 136 valence electrons. The van der Waals surface area contributed by atoms with Crippen LogP contribution in [0.3, 0.4) is 0 Å². The van der Waals surface area contributed by atoms with Gasteiger partial charge in [0.1, 0.15) is 5.75 Å². The minimum atomic E-state index is -0.958. The van der Waals surface area contributed by atoms with Gasteiger partial charge in [0.2, 0.25) is 0 Å². The molecule has 24 heavy (non-hydrogen) atoms. The molecule has 0 spiro atoms. The zero-order chi connectivity index (χ0) is 17.6. The van der Waals surface area contributed by atoms with Gasteiger partial charge in [0.25, 0.3) is 0 Å². The number of rotatable bonds is 14. The van der Waals surface area contributed by atoms with Crippen molar-refractivity contribution in [3.8, 4) is 5.75 Å². The highest BCUT2D eigenvalue weighted by Gasteiger charge is 2.10. The van der Waals surface area contributed by atoms with E-state index in [9.17, 15) is 15.0 Å². The van der Waals surface area contributed by atoms with Gasteiger partial charge >= 0.3 is 5.97 Å². The Bertz CT molecular complexity index is 468. The molecule has 2 N–H and O–H groups in total. The molecule has 0 heterocycles. The van der Waals surface area contributed by atoms with Gasteiger partial charge in [-0.15, -0.1) is 0 Å². The first-order valence-electron chi connectivity index (χ1n) is 9.70. The van der Waals surface area contributed by atoms with Crippen molar-refractivity contribution in [3.63, 3.8) is 0 Å². The Labute approximate surface area is 147 Å². The highest BCUT2D eigenvalue weighted by Crippen LogP contribution is 2.19. The van der Waals surface area contributed by atoms with E-state index in [1.54, 1.807) is 12.1 Å². The minimum Gasteiger partial charge on any atom is -0.508 e. The average Bonchev–Trinajstić information content (AvgIpc) is 2.56. The van der Waals surface area contributed by atoms with Crippen LogP contribution in [0.25, 0.3) is 0 Å². The number of carboxylic acid groups (broad SMARTS) is 1. The first-order valence-corrected chi connectivity index (χ1v) is 9.70. The highest BCUT2D eigenvalue weighted by atomic mass is 16.4. The van der Waals surface area contributed by atoms with Gasteiger partial charge in [0.05, 0.1) is 5.56 Å². The maximum absolute atomic E-state index is 11.2. The average molecular weight is 334 g/mol. The van der Waals surface area contributed by atoms with Gasteiger partial charge in [0, 0.05) is 0 Å². The number of unbranched alkanes of at least 4 members (excludes halogenated alkanes) is 11. The zero-order valence-electron chi connectivity index (χ0n) is 15.2. The summed E-state index contributed by atoms with van der Waals surface area (Å²) in [6.07, 6.45) is 16.4. The van der Waals surface area contributed by atoms with Crippen molar-refractivity contribution < 1.29 is 15.0 Å². The van der Waals surface area contributed by atoms with E-state index in [4.69, 9.17) is 0 Å². The van der Waals surface area contributed by atoms with Crippen LogP contribution in [0.15, 0.2) is 18.2 Å². The van der Waals surface area contributed by atoms with Crippen LogP contribution in [0.5, 0.6) is 5.75 Å². The van der Waals surface area contributed by atoms with Crippen molar-refractivity contribution in [3.05, 3.63) is 29.3 Å². The van der Waals surface area contributed by atoms with Crippen LogP contribution in [0.2, 0.25) is 0 Å². The van der Waals surface area contributed by atoms with Crippen molar-refractivity contribution in [1.29, 1.82) is 0 Å². The van der Waals surface area contributed by atoms with Crippen LogP contribution in [0.1, 0.15) is 99.9 Å². The number of phenols is 1. The lowest BCUT2D eigenvalue weighted by atomic mass is 9.99. The van der Waals surface area contributed by atoms with Crippen molar-refractivity contribution in [2.45, 2.75) is 90.4 Å². The van der Waals surface area contributed by atoms with E-state index in [-0.39, 0.29) is 11.3 Å². The topological polar surface area (TPSA) is 57.5 Å². The lowest BCUT2D eigenvalue weighted by Crippen LogP contribution is -2.02. The molecule has 0 radical (unpaired) electrons. The minimum absolute atomic E-state index is 0.0193. The summed E-state index contributed by atoms with van der Waals surface area (Å²) in [5.74, 6) is -0.939. The van der Waals surface area contributed by atoms with E-state index < -0.39 is 5.97 Å². The molecule has 0 saturated carbocycles. The maximum atomic E-state index is 11.2. The van der Waals surface area contributed by atoms with Crippen molar-refractivity contribution >= 4 is 5.97 Å². The molecule has 0 aliphatic heterocycles. The zero-order valence-corrected chi connectivity index (χ0v) is 15.2. The molecule has 0 aliphatic rings. The van der Waals surface area contributed by atoms with Crippen LogP contribution in [0.4, 0.5) is 0 Å². The second kappa shape index (κ2) is 12.9. The molecule has 1 rings (SSSR count). The predicted octanol–water partition coefficient (Wildman–Crippen LogP) is 6.33. The quantitative estimate of drug-likeness (QED) is 0.391. The number of aromatic carboxylic acids is 1. The van der Waals surface area contributed by atoms with E-state index in [2.05, 4.69) is 6.92 Å². The molecule has 1 aromatic carbocycles. The number of hydrogen-bond acceptors (Lipinski definition) is 2. The first kappa shape index (κ1) is 20.5. The Balaban J connectivity index is 2.04. The third-order valence-electron chi connectivity index (χ3n) is 4.62. The largest absolute Gasteiger partial charge is 0.508 e. The number of benzene rings is 1. The van der Waals surface area contributed by atoms with Crippen LogP contribution in [-0.4, -0.2) is 16.2 Å². The Kier molecular flexibility index (Phi) is 11.0. The molecule has 0 unspecified atom stereocenters. The fraction of sp³-hybridized carbons (Fsp3) is 0.667. The molecule has 0 aliphatic carbocycles. The van der Waals surface area contributed by atoms with Gasteiger partial charge in [-0.1, -0.05) is 83.6 Å². The molecular weight excluding hydrogens is 300 g/mol. The van der Waals surface area contributed by atoms with Crippen LogP contribution >= 0.6 is 0 Å². The second-order valence-corrected chi connectivity index (χ2v) is 6.79. The van der Waals surface area contributed by atoms with E-state index >= 15 is 0 Å². The first-order chi connectivity index (χ1) is 11.6. The lowest BCUT2D eigenvalue weighted by Gasteiger charge is -2.07. The fourth-order valence-electron chi connectivity index (χ4n) is 3.14. The summed E-state index contributed by atoms with van der Waals surface area (Å²) in [5, 5.41) is 18.6. The Morgan fingerprint density at radius 3 is 1.83 bits per heavy atom. The van der Waals surface area contributed by atoms with Crippen LogP contribution < -0.4 is 0 Å². The number of phenolic OH excluding ortho intramolecular Hbond substituents is 1. The Morgan fingerprint density at radius 1 is 0.833 bits per heavy atom. The molecule has 3 nitrogen and oxygen atoms in total. The van der Waals surface area contributed by atoms with E-state index in [1.165, 1.54) is 70.3 Å². The van der Waals surface area contributed by atoms with Gasteiger partial charge in [-0.2, -0.15) is 0 Å². The Hall–Kier alpha value is -1.51. The molecule has 0 fully saturated rings. The number of carboxylic acids is 1. The third kappa shape index (κ3) is 8.95. The standard InChI is InChI=1S/C21H34O3/c1-2-3-4-5-6-7-8-9-10-11-12-13-14-18-15-16-19(22)17-20(18)21(23)24/h15-17,22H,2-14H2,1H3,(H,23,24). The summed E-state index contributed by atoms with van der Waals surface area (Å²) in [5.41, 5.74) is 1.06. The lowest BCUT2D eigenvalue weighted by molar-refractivity contribution is 0.0695. The van der Waals surface area contributed by atoms with Crippen molar-refractivity contribution in [2.75, 3.05) is 0 Å². The normalized spacial score (nSPS) is 10.9. The molecule has 0 saturated heterocycles. The summed E-state index contributed by atoms with van der Waals surface area (Å²) in [6, 6.07) is 4.65. The smallest absolute Gasteiger partial charge is 0.336 e. The van der Waals surface area contributed by atoms with Crippen LogP contribution in [0, 0.1) is 0 Å². The summed E-state index contributed by atoms with van der Waals surface area (Å²) >= 11 is 0. The summed E-state index contributed by atoms with van der Waals surface area (Å²) in [7, 11) is 0. The second-order valence-electron chi connectivity index (χ2n) is 6.79. The number of hydrogen-bond donors (Lipinski definition) is 2. The molecule has 3 heteroatoms. The predicted molar refractivity (Wildman–Crippen MR) is 99.8 cm³/mol. The SMILES string of the molecule is CCCCCCCCCCCCCCc1ccc(O)cc1C(=O)O. The summed E-state index contributed by atoms with van der Waals surface area (Å²) < 4.78 is 0. The van der Waals surface area contributed by atoms with E-state index in [1.807, 2.05) is 0 Å². The maximum Gasteiger partial charge on any atom is 0.336 e. The van der Waals surface area contributed by atoms with Crippen molar-refractivity contribution in [1.82, 2.24) is 0 Å². The number of aryl methyl sites for hydroxylation is 1. The van der Waals surface area contributed by atoms with E-state index in [0.29, 0.717) is 0 Å². The van der Waals surface area contributed by atoms with Crippen molar-refractivity contribution in [2.24, 2.45) is 0 Å². The van der Waals surface area contributed by atoms with Gasteiger partial charge in [-0.3, -0.25) is 0 Å². The molecule has 0 bridgehead atoms. The molecule has 0 amide bonds. The van der Waals surface area contributed by atoms with E-state index in [0.717, 1.165) is 24.8 Å². The molecule has 1 aromatic rings. The number of carbonyl (C=O) groups is 1. The summed E-state index contributed by atoms with van der Waals surface area (Å²) in [4.78, 5) is 11.2. The molecular formula is C21H34O3. The third-order valence-corrected chi connectivity index (χ3v) is 4.62. The summed E-state index contributed by atoms with van der Waals surface area (Å²) in [6.45, 7) is 2.25. The molecule has 0 aromatic heterocycles. The molecule has 0 atom stereocenters. The van der Waals surface area contributed by atoms with Gasteiger partial charge < -0.3 is 10.2 Å². The van der Waals surface area contributed by atoms with Crippen LogP contribution in [-0.2, 0) is 6.42 Å².